The van der Waals surface area contributed by atoms with Crippen LogP contribution in [0.3, 0.4) is 0 Å². The zero-order valence-corrected chi connectivity index (χ0v) is 19.2. The number of sulfonamides is 1. The Bertz CT molecular complexity index is 1080. The van der Waals surface area contributed by atoms with E-state index in [9.17, 15) is 18.0 Å². The fourth-order valence-corrected chi connectivity index (χ4v) is 5.39. The van der Waals surface area contributed by atoms with Gasteiger partial charge in [0, 0.05) is 31.5 Å². The van der Waals surface area contributed by atoms with E-state index in [0.717, 1.165) is 12.8 Å². The standard InChI is InChI=1S/C22H29N3O5S/c1-5-30-22(27)17-7-6-8-18(13-17)23-21(26)19-14-20(16(3)24(19)4)31(28,29)25-11-9-15(2)10-12-25/h6-8,13-15H,5,9-12H2,1-4H3,(H,23,26). The highest BCUT2D eigenvalue weighted by Gasteiger charge is 2.32. The lowest BCUT2D eigenvalue weighted by Crippen LogP contribution is -2.38. The van der Waals surface area contributed by atoms with Gasteiger partial charge in [-0.1, -0.05) is 13.0 Å². The minimum absolute atomic E-state index is 0.148. The molecule has 0 unspecified atom stereocenters. The van der Waals surface area contributed by atoms with E-state index in [1.165, 1.54) is 16.4 Å². The summed E-state index contributed by atoms with van der Waals surface area (Å²) in [4.78, 5) is 25.0. The fraction of sp³-hybridized carbons (Fsp3) is 0.455. The minimum atomic E-state index is -3.68. The van der Waals surface area contributed by atoms with E-state index in [4.69, 9.17) is 4.74 Å². The molecule has 0 radical (unpaired) electrons. The molecule has 0 bridgehead atoms. The summed E-state index contributed by atoms with van der Waals surface area (Å²) >= 11 is 0. The predicted octanol–water partition coefficient (Wildman–Crippen LogP) is 3.18. The molecule has 1 fully saturated rings. The molecule has 2 aromatic rings. The number of carbonyl (C=O) groups excluding carboxylic acids is 2. The summed E-state index contributed by atoms with van der Waals surface area (Å²) in [7, 11) is -2.01. The summed E-state index contributed by atoms with van der Waals surface area (Å²) < 4.78 is 34.4. The first-order chi connectivity index (χ1) is 14.6. The molecule has 9 heteroatoms. The molecule has 168 valence electrons. The van der Waals surface area contributed by atoms with Crippen LogP contribution < -0.4 is 5.32 Å². The molecule has 1 aliphatic rings. The number of hydrogen-bond donors (Lipinski definition) is 1. The van der Waals surface area contributed by atoms with Crippen LogP contribution in [0.2, 0.25) is 0 Å². The fourth-order valence-electron chi connectivity index (χ4n) is 3.65. The van der Waals surface area contributed by atoms with E-state index in [1.807, 2.05) is 0 Å². The Hall–Kier alpha value is -2.65. The molecule has 1 N–H and O–H groups in total. The number of hydrogen-bond acceptors (Lipinski definition) is 5. The van der Waals surface area contributed by atoms with E-state index in [1.54, 1.807) is 43.7 Å². The lowest BCUT2D eigenvalue weighted by Gasteiger charge is -2.29. The van der Waals surface area contributed by atoms with Gasteiger partial charge in [0.1, 0.15) is 10.6 Å². The van der Waals surface area contributed by atoms with Crippen LogP contribution in [0.5, 0.6) is 0 Å². The first kappa shape index (κ1) is 23.0. The maximum atomic E-state index is 13.2. The zero-order valence-electron chi connectivity index (χ0n) is 18.3. The Balaban J connectivity index is 1.84. The maximum absolute atomic E-state index is 13.2. The van der Waals surface area contributed by atoms with Crippen LogP contribution in [0.4, 0.5) is 5.69 Å². The topological polar surface area (TPSA) is 97.7 Å². The van der Waals surface area contributed by atoms with E-state index in [0.29, 0.717) is 36.0 Å². The lowest BCUT2D eigenvalue weighted by atomic mass is 10.0. The molecule has 8 nitrogen and oxygen atoms in total. The first-order valence-electron chi connectivity index (χ1n) is 10.4. The smallest absolute Gasteiger partial charge is 0.338 e. The maximum Gasteiger partial charge on any atom is 0.338 e. The molecule has 1 saturated heterocycles. The molecule has 0 aliphatic carbocycles. The minimum Gasteiger partial charge on any atom is -0.462 e. The van der Waals surface area contributed by atoms with Crippen molar-refractivity contribution in [1.82, 2.24) is 8.87 Å². The van der Waals surface area contributed by atoms with Crippen molar-refractivity contribution in [2.45, 2.75) is 38.5 Å². The van der Waals surface area contributed by atoms with Gasteiger partial charge in [-0.25, -0.2) is 13.2 Å². The van der Waals surface area contributed by atoms with Gasteiger partial charge < -0.3 is 14.6 Å². The second-order valence-electron chi connectivity index (χ2n) is 7.88. The van der Waals surface area contributed by atoms with Crippen molar-refractivity contribution >= 4 is 27.6 Å². The van der Waals surface area contributed by atoms with Crippen LogP contribution in [-0.2, 0) is 21.8 Å². The monoisotopic (exact) mass is 447 g/mol. The van der Waals surface area contributed by atoms with Gasteiger partial charge in [-0.3, -0.25) is 4.79 Å². The highest BCUT2D eigenvalue weighted by Crippen LogP contribution is 2.27. The van der Waals surface area contributed by atoms with E-state index < -0.39 is 21.9 Å². The number of esters is 1. The molecule has 1 amide bonds. The molecule has 1 aromatic carbocycles. The summed E-state index contributed by atoms with van der Waals surface area (Å²) in [6.07, 6.45) is 1.66. The molecule has 1 aliphatic heterocycles. The second-order valence-corrected chi connectivity index (χ2v) is 9.79. The third kappa shape index (κ3) is 4.83. The van der Waals surface area contributed by atoms with Gasteiger partial charge in [0.05, 0.1) is 12.2 Å². The third-order valence-corrected chi connectivity index (χ3v) is 7.73. The Kier molecular flexibility index (Phi) is 6.86. The number of benzene rings is 1. The van der Waals surface area contributed by atoms with Crippen molar-refractivity contribution in [3.05, 3.63) is 47.3 Å². The van der Waals surface area contributed by atoms with Crippen molar-refractivity contribution in [2.75, 3.05) is 25.0 Å². The van der Waals surface area contributed by atoms with E-state index in [-0.39, 0.29) is 17.2 Å². The number of ether oxygens (including phenoxy) is 1. The molecule has 2 heterocycles. The molecular formula is C22H29N3O5S. The van der Waals surface area contributed by atoms with Crippen LogP contribution in [0.25, 0.3) is 0 Å². The Labute approximate surface area is 183 Å². The first-order valence-corrected chi connectivity index (χ1v) is 11.8. The number of rotatable bonds is 6. The van der Waals surface area contributed by atoms with Gasteiger partial charge in [0.15, 0.2) is 0 Å². The molecule has 0 spiro atoms. The number of aromatic nitrogens is 1. The van der Waals surface area contributed by atoms with Crippen molar-refractivity contribution in [1.29, 1.82) is 0 Å². The van der Waals surface area contributed by atoms with E-state index in [2.05, 4.69) is 12.2 Å². The van der Waals surface area contributed by atoms with Crippen LogP contribution in [-0.4, -0.2) is 48.9 Å². The van der Waals surface area contributed by atoms with Crippen molar-refractivity contribution in [2.24, 2.45) is 13.0 Å². The Morgan fingerprint density at radius 3 is 2.52 bits per heavy atom. The molecule has 1 aromatic heterocycles. The Morgan fingerprint density at radius 2 is 1.87 bits per heavy atom. The summed E-state index contributed by atoms with van der Waals surface area (Å²) in [6, 6.07) is 7.85. The van der Waals surface area contributed by atoms with Crippen molar-refractivity contribution in [3.63, 3.8) is 0 Å². The average molecular weight is 448 g/mol. The van der Waals surface area contributed by atoms with Crippen LogP contribution in [0.15, 0.2) is 35.2 Å². The summed E-state index contributed by atoms with van der Waals surface area (Å²) in [5, 5.41) is 2.74. The second kappa shape index (κ2) is 9.23. The number of nitrogens with one attached hydrogen (secondary N) is 1. The van der Waals surface area contributed by atoms with Crippen LogP contribution in [0.1, 0.15) is 53.2 Å². The average Bonchev–Trinajstić information content (AvgIpc) is 3.04. The molecule has 0 saturated carbocycles. The number of carbonyl (C=O) groups is 2. The summed E-state index contributed by atoms with van der Waals surface area (Å²) in [5.74, 6) is -0.423. The van der Waals surface area contributed by atoms with Crippen molar-refractivity contribution < 1.29 is 22.7 Å². The number of amides is 1. The highest BCUT2D eigenvalue weighted by molar-refractivity contribution is 7.89. The van der Waals surface area contributed by atoms with Crippen LogP contribution >= 0.6 is 0 Å². The lowest BCUT2D eigenvalue weighted by molar-refractivity contribution is 0.0526. The van der Waals surface area contributed by atoms with E-state index >= 15 is 0 Å². The van der Waals surface area contributed by atoms with Gasteiger partial charge >= 0.3 is 5.97 Å². The number of piperidine rings is 1. The molecular weight excluding hydrogens is 418 g/mol. The van der Waals surface area contributed by atoms with Gasteiger partial charge in [-0.2, -0.15) is 4.31 Å². The normalized spacial score (nSPS) is 15.6. The zero-order chi connectivity index (χ0) is 22.8. The quantitative estimate of drug-likeness (QED) is 0.686. The summed E-state index contributed by atoms with van der Waals surface area (Å²) in [6.45, 7) is 6.76. The third-order valence-electron chi connectivity index (χ3n) is 5.71. The van der Waals surface area contributed by atoms with Gasteiger partial charge in [-0.15, -0.1) is 0 Å². The summed E-state index contributed by atoms with van der Waals surface area (Å²) in [5.41, 5.74) is 1.47. The van der Waals surface area contributed by atoms with Gasteiger partial charge in [0.2, 0.25) is 10.0 Å². The SMILES string of the molecule is CCOC(=O)c1cccc(NC(=O)c2cc(S(=O)(=O)N3CCC(C)CC3)c(C)n2C)c1. The van der Waals surface area contributed by atoms with Crippen LogP contribution in [0, 0.1) is 12.8 Å². The molecule has 31 heavy (non-hydrogen) atoms. The van der Waals surface area contributed by atoms with Gasteiger partial charge in [-0.05, 0) is 56.9 Å². The largest absolute Gasteiger partial charge is 0.462 e. The Morgan fingerprint density at radius 1 is 1.19 bits per heavy atom. The molecule has 3 rings (SSSR count). The molecule has 0 atom stereocenters. The predicted molar refractivity (Wildman–Crippen MR) is 118 cm³/mol. The highest BCUT2D eigenvalue weighted by atomic mass is 32.2. The number of anilines is 1. The number of nitrogens with zero attached hydrogens (tertiary/aromatic N) is 2. The van der Waals surface area contributed by atoms with Crippen molar-refractivity contribution in [3.8, 4) is 0 Å². The van der Waals surface area contributed by atoms with Gasteiger partial charge in [0.25, 0.3) is 5.91 Å².